The number of aryl methyl sites for hydroxylation is 2. The Morgan fingerprint density at radius 2 is 1.74 bits per heavy atom. The molecule has 0 spiro atoms. The van der Waals surface area contributed by atoms with Crippen molar-refractivity contribution in [2.75, 3.05) is 32.8 Å². The highest BCUT2D eigenvalue weighted by Gasteiger charge is 2.26. The highest BCUT2D eigenvalue weighted by atomic mass is 16.6. The number of carbonyl (C=O) groups is 2. The molecule has 3 heterocycles. The zero-order valence-corrected chi connectivity index (χ0v) is 20.5. The zero-order valence-electron chi connectivity index (χ0n) is 20.5. The van der Waals surface area contributed by atoms with Gasteiger partial charge in [-0.1, -0.05) is 19.1 Å². The minimum Gasteiger partial charge on any atom is -0.449 e. The van der Waals surface area contributed by atoms with E-state index in [1.807, 2.05) is 32.2 Å². The lowest BCUT2D eigenvalue weighted by molar-refractivity contribution is 0.0560. The summed E-state index contributed by atoms with van der Waals surface area (Å²) >= 11 is 0. The zero-order chi connectivity index (χ0) is 24.5. The molecule has 1 aliphatic heterocycles. The molecule has 180 valence electrons. The van der Waals surface area contributed by atoms with Crippen molar-refractivity contribution in [2.24, 2.45) is 7.05 Å². The van der Waals surface area contributed by atoms with Crippen molar-refractivity contribution in [2.45, 2.75) is 20.3 Å². The normalized spacial score (nSPS) is 14.0. The number of rotatable bonds is 4. The van der Waals surface area contributed by atoms with Crippen molar-refractivity contribution in [1.82, 2.24) is 19.4 Å². The van der Waals surface area contributed by atoms with Gasteiger partial charge in [-0.05, 0) is 55.3 Å². The molecule has 1 fully saturated rings. The van der Waals surface area contributed by atoms with Crippen molar-refractivity contribution in [3.05, 3.63) is 65.9 Å². The summed E-state index contributed by atoms with van der Waals surface area (Å²) in [5.74, 6) is -0.0379. The molecule has 0 unspecified atom stereocenters. The van der Waals surface area contributed by atoms with Gasteiger partial charge in [-0.25, -0.2) is 9.78 Å². The Balaban J connectivity index is 1.38. The molecule has 0 aliphatic carbocycles. The first kappa shape index (κ1) is 22.9. The predicted octanol–water partition coefficient (Wildman–Crippen LogP) is 5.01. The van der Waals surface area contributed by atoms with Crippen LogP contribution < -0.4 is 0 Å². The third-order valence-electron chi connectivity index (χ3n) is 6.70. The van der Waals surface area contributed by atoms with Gasteiger partial charge in [0, 0.05) is 66.8 Å². The van der Waals surface area contributed by atoms with E-state index in [0.717, 1.165) is 34.1 Å². The molecule has 5 rings (SSSR count). The molecule has 2 amide bonds. The minimum atomic E-state index is -0.300. The molecule has 7 heteroatoms. The molecule has 2 aromatic heterocycles. The van der Waals surface area contributed by atoms with Gasteiger partial charge in [-0.3, -0.25) is 4.79 Å². The van der Waals surface area contributed by atoms with Gasteiger partial charge >= 0.3 is 6.09 Å². The Bertz CT molecular complexity index is 1420. The fraction of sp³-hybridized carbons (Fsp3) is 0.321. The van der Waals surface area contributed by atoms with Crippen molar-refractivity contribution >= 4 is 33.8 Å². The second kappa shape index (κ2) is 9.41. The molecule has 0 N–H and O–H groups in total. The Morgan fingerprint density at radius 3 is 2.51 bits per heavy atom. The van der Waals surface area contributed by atoms with Crippen LogP contribution in [0, 0.1) is 6.92 Å². The third-order valence-corrected chi connectivity index (χ3v) is 6.70. The Hall–Kier alpha value is -3.87. The summed E-state index contributed by atoms with van der Waals surface area (Å²) in [5.41, 5.74) is 5.66. The number of benzene rings is 2. The van der Waals surface area contributed by atoms with Crippen LogP contribution in [0.5, 0.6) is 0 Å². The van der Waals surface area contributed by atoms with E-state index in [2.05, 4.69) is 48.0 Å². The molecular formula is C28H30N4O3. The number of fused-ring (bicyclic) bond motifs is 2. The van der Waals surface area contributed by atoms with Crippen molar-refractivity contribution in [3.8, 4) is 11.3 Å². The van der Waals surface area contributed by atoms with Crippen LogP contribution in [0.15, 0.2) is 54.7 Å². The highest BCUT2D eigenvalue weighted by Crippen LogP contribution is 2.28. The van der Waals surface area contributed by atoms with Gasteiger partial charge in [0.1, 0.15) is 0 Å². The lowest BCUT2D eigenvalue weighted by Crippen LogP contribution is -2.50. The quantitative estimate of drug-likeness (QED) is 0.421. The van der Waals surface area contributed by atoms with Crippen LogP contribution in [-0.2, 0) is 11.8 Å². The third kappa shape index (κ3) is 4.46. The smallest absolute Gasteiger partial charge is 0.409 e. The first-order chi connectivity index (χ1) is 16.9. The maximum Gasteiger partial charge on any atom is 0.409 e. The van der Waals surface area contributed by atoms with E-state index in [4.69, 9.17) is 9.72 Å². The second-order valence-corrected chi connectivity index (χ2v) is 9.15. The molecule has 0 atom stereocenters. The monoisotopic (exact) mass is 470 g/mol. The Labute approximate surface area is 204 Å². The predicted molar refractivity (Wildman–Crippen MR) is 138 cm³/mol. The topological polar surface area (TPSA) is 67.7 Å². The fourth-order valence-corrected chi connectivity index (χ4v) is 4.68. The van der Waals surface area contributed by atoms with Crippen molar-refractivity contribution < 1.29 is 14.3 Å². The van der Waals surface area contributed by atoms with E-state index >= 15 is 0 Å². The number of hydrogen-bond donors (Lipinski definition) is 0. The molecule has 1 aliphatic rings. The number of aromatic nitrogens is 2. The van der Waals surface area contributed by atoms with Crippen LogP contribution in [0.25, 0.3) is 33.1 Å². The Morgan fingerprint density at radius 1 is 0.971 bits per heavy atom. The summed E-state index contributed by atoms with van der Waals surface area (Å²) in [4.78, 5) is 33.7. The average Bonchev–Trinajstić information content (AvgIpc) is 3.26. The molecule has 0 radical (unpaired) electrons. The number of carbonyl (C=O) groups excluding carboxylic acids is 2. The lowest BCUT2D eigenvalue weighted by Gasteiger charge is -2.34. The van der Waals surface area contributed by atoms with E-state index in [0.29, 0.717) is 38.3 Å². The van der Waals surface area contributed by atoms with Gasteiger partial charge < -0.3 is 19.1 Å². The lowest BCUT2D eigenvalue weighted by atomic mass is 10.0. The molecular weight excluding hydrogens is 440 g/mol. The van der Waals surface area contributed by atoms with Crippen LogP contribution in [0.3, 0.4) is 0 Å². The molecule has 4 aromatic rings. The molecule has 0 saturated carbocycles. The van der Waals surface area contributed by atoms with Gasteiger partial charge in [-0.2, -0.15) is 0 Å². The standard InChI is InChI=1S/C28H30N4O3/c1-4-15-35-28(34)32-13-11-31(12-14-32)27(33)22-5-7-23-19(2)16-24(29-25(23)18-22)20-6-8-26-21(17-20)9-10-30(26)3/h5-10,16-18H,4,11-15H2,1-3H3. The molecule has 0 bridgehead atoms. The summed E-state index contributed by atoms with van der Waals surface area (Å²) in [7, 11) is 2.04. The summed E-state index contributed by atoms with van der Waals surface area (Å²) in [6.07, 6.45) is 2.55. The summed E-state index contributed by atoms with van der Waals surface area (Å²) in [6, 6.07) is 16.3. The number of nitrogens with zero attached hydrogens (tertiary/aromatic N) is 4. The first-order valence-electron chi connectivity index (χ1n) is 12.1. The van der Waals surface area contributed by atoms with E-state index in [-0.39, 0.29) is 12.0 Å². The molecule has 2 aromatic carbocycles. The summed E-state index contributed by atoms with van der Waals surface area (Å²) < 4.78 is 7.32. The van der Waals surface area contributed by atoms with Gasteiger partial charge in [0.15, 0.2) is 0 Å². The average molecular weight is 471 g/mol. The van der Waals surface area contributed by atoms with Crippen molar-refractivity contribution in [3.63, 3.8) is 0 Å². The van der Waals surface area contributed by atoms with E-state index in [9.17, 15) is 9.59 Å². The number of pyridine rings is 1. The van der Waals surface area contributed by atoms with Gasteiger partial charge in [0.05, 0.1) is 17.8 Å². The number of amides is 2. The number of piperazine rings is 1. The Kier molecular flexibility index (Phi) is 6.16. The minimum absolute atomic E-state index is 0.0379. The van der Waals surface area contributed by atoms with Crippen LogP contribution in [0.4, 0.5) is 4.79 Å². The van der Waals surface area contributed by atoms with Crippen LogP contribution in [0.1, 0.15) is 29.3 Å². The fourth-order valence-electron chi connectivity index (χ4n) is 4.68. The van der Waals surface area contributed by atoms with Crippen LogP contribution in [0.2, 0.25) is 0 Å². The SMILES string of the molecule is CCCOC(=O)N1CCN(C(=O)c2ccc3c(C)cc(-c4ccc5c(ccn5C)c4)nc3c2)CC1. The molecule has 7 nitrogen and oxygen atoms in total. The summed E-state index contributed by atoms with van der Waals surface area (Å²) in [5, 5.41) is 2.21. The van der Waals surface area contributed by atoms with Crippen LogP contribution in [-0.4, -0.2) is 64.1 Å². The summed E-state index contributed by atoms with van der Waals surface area (Å²) in [6.45, 7) is 6.39. The van der Waals surface area contributed by atoms with Crippen molar-refractivity contribution in [1.29, 1.82) is 0 Å². The number of ether oxygens (including phenoxy) is 1. The van der Waals surface area contributed by atoms with Gasteiger partial charge in [0.2, 0.25) is 0 Å². The molecule has 1 saturated heterocycles. The second-order valence-electron chi connectivity index (χ2n) is 9.15. The van der Waals surface area contributed by atoms with Crippen LogP contribution >= 0.6 is 0 Å². The maximum absolute atomic E-state index is 13.2. The first-order valence-corrected chi connectivity index (χ1v) is 12.1. The van der Waals surface area contributed by atoms with Gasteiger partial charge in [-0.15, -0.1) is 0 Å². The van der Waals surface area contributed by atoms with E-state index < -0.39 is 0 Å². The largest absolute Gasteiger partial charge is 0.449 e. The maximum atomic E-state index is 13.2. The van der Waals surface area contributed by atoms with E-state index in [1.165, 1.54) is 10.9 Å². The molecule has 35 heavy (non-hydrogen) atoms. The number of hydrogen-bond acceptors (Lipinski definition) is 4. The van der Waals surface area contributed by atoms with Gasteiger partial charge in [0.25, 0.3) is 5.91 Å². The highest BCUT2D eigenvalue weighted by molar-refractivity contribution is 5.99. The van der Waals surface area contributed by atoms with E-state index in [1.54, 1.807) is 9.80 Å².